The molecule has 0 bridgehead atoms. The van der Waals surface area contributed by atoms with Crippen LogP contribution in [0.2, 0.25) is 0 Å². The summed E-state index contributed by atoms with van der Waals surface area (Å²) in [6.45, 7) is 6.20. The molecule has 0 fully saturated rings. The van der Waals surface area contributed by atoms with Crippen LogP contribution in [-0.4, -0.2) is 37.2 Å². The fourth-order valence-electron chi connectivity index (χ4n) is 6.28. The zero-order valence-corrected chi connectivity index (χ0v) is 42.3. The van der Waals surface area contributed by atoms with Gasteiger partial charge in [-0.2, -0.15) is 0 Å². The molecule has 67 heavy (non-hydrogen) atoms. The molecule has 0 aromatic carbocycles. The third-order valence-corrected chi connectivity index (χ3v) is 10.1. The van der Waals surface area contributed by atoms with E-state index in [2.05, 4.69) is 142 Å². The van der Waals surface area contributed by atoms with Crippen LogP contribution in [0.4, 0.5) is 0 Å². The van der Waals surface area contributed by atoms with Crippen molar-refractivity contribution in [3.63, 3.8) is 0 Å². The smallest absolute Gasteiger partial charge is 0.306 e. The van der Waals surface area contributed by atoms with Gasteiger partial charge in [-0.25, -0.2) is 0 Å². The van der Waals surface area contributed by atoms with Gasteiger partial charge < -0.3 is 14.2 Å². The van der Waals surface area contributed by atoms with Crippen molar-refractivity contribution in [1.82, 2.24) is 0 Å². The first-order valence-electron chi connectivity index (χ1n) is 26.1. The maximum Gasteiger partial charge on any atom is 0.306 e. The van der Waals surface area contributed by atoms with Gasteiger partial charge in [-0.05, 0) is 116 Å². The van der Waals surface area contributed by atoms with Gasteiger partial charge in [0, 0.05) is 19.3 Å². The van der Waals surface area contributed by atoms with Crippen LogP contribution in [0.1, 0.15) is 188 Å². The van der Waals surface area contributed by atoms with Crippen LogP contribution in [0, 0.1) is 0 Å². The Bertz CT molecular complexity index is 1570. The molecule has 1 atom stereocenters. The number of rotatable bonds is 44. The minimum absolute atomic E-state index is 0.126. The molecule has 0 aromatic heterocycles. The summed E-state index contributed by atoms with van der Waals surface area (Å²) in [4.78, 5) is 38.0. The lowest BCUT2D eigenvalue weighted by atomic mass is 10.1. The molecule has 0 aromatic rings. The molecule has 0 radical (unpaired) electrons. The number of ether oxygens (including phenoxy) is 3. The summed E-state index contributed by atoms with van der Waals surface area (Å²) in [5.74, 6) is -1.03. The molecule has 0 aliphatic carbocycles. The van der Waals surface area contributed by atoms with Crippen molar-refractivity contribution in [2.75, 3.05) is 13.2 Å². The number of hydrogen-bond donors (Lipinski definition) is 0. The number of esters is 3. The molecule has 0 amide bonds. The van der Waals surface area contributed by atoms with Gasteiger partial charge in [0.15, 0.2) is 6.10 Å². The van der Waals surface area contributed by atoms with Crippen molar-refractivity contribution in [3.05, 3.63) is 158 Å². The van der Waals surface area contributed by atoms with Crippen LogP contribution in [0.15, 0.2) is 158 Å². The normalized spacial score (nSPS) is 13.4. The molecule has 0 heterocycles. The van der Waals surface area contributed by atoms with Crippen molar-refractivity contribution in [3.8, 4) is 0 Å². The Kier molecular flexibility index (Phi) is 49.7. The predicted molar refractivity (Wildman–Crippen MR) is 288 cm³/mol. The fourth-order valence-corrected chi connectivity index (χ4v) is 6.28. The summed E-state index contributed by atoms with van der Waals surface area (Å²) in [5.41, 5.74) is 0. The molecule has 0 aliphatic heterocycles. The zero-order chi connectivity index (χ0) is 48.6. The Morgan fingerprint density at radius 1 is 0.328 bits per heavy atom. The Balaban J connectivity index is 4.58. The van der Waals surface area contributed by atoms with Crippen LogP contribution in [0.3, 0.4) is 0 Å². The van der Waals surface area contributed by atoms with Gasteiger partial charge in [-0.15, -0.1) is 0 Å². The highest BCUT2D eigenvalue weighted by molar-refractivity contribution is 5.71. The number of unbranched alkanes of at least 4 members (excludes halogenated alkanes) is 11. The van der Waals surface area contributed by atoms with E-state index in [1.165, 1.54) is 6.42 Å². The van der Waals surface area contributed by atoms with Crippen molar-refractivity contribution >= 4 is 17.9 Å². The van der Waals surface area contributed by atoms with Crippen LogP contribution in [0.25, 0.3) is 0 Å². The molecule has 0 saturated heterocycles. The molecule has 0 N–H and O–H groups in total. The summed E-state index contributed by atoms with van der Waals surface area (Å²) in [7, 11) is 0. The monoisotopic (exact) mass is 921 g/mol. The van der Waals surface area contributed by atoms with Gasteiger partial charge in [0.25, 0.3) is 0 Å². The van der Waals surface area contributed by atoms with E-state index in [1.807, 2.05) is 36.5 Å². The molecular weight excluding hydrogens is 829 g/mol. The lowest BCUT2D eigenvalue weighted by Crippen LogP contribution is -2.30. The van der Waals surface area contributed by atoms with Gasteiger partial charge >= 0.3 is 17.9 Å². The third-order valence-electron chi connectivity index (χ3n) is 10.1. The molecule has 1 unspecified atom stereocenters. The first kappa shape index (κ1) is 62.0. The van der Waals surface area contributed by atoms with Gasteiger partial charge in [-0.1, -0.05) is 211 Å². The maximum atomic E-state index is 12.8. The highest BCUT2D eigenvalue weighted by Gasteiger charge is 2.19. The average molecular weight is 921 g/mol. The summed E-state index contributed by atoms with van der Waals surface area (Å²) >= 11 is 0. The summed E-state index contributed by atoms with van der Waals surface area (Å²) in [6.07, 6.45) is 77.9. The van der Waals surface area contributed by atoms with Crippen LogP contribution in [0.5, 0.6) is 0 Å². The second kappa shape index (κ2) is 53.6. The summed E-state index contributed by atoms with van der Waals surface area (Å²) < 4.78 is 16.7. The third kappa shape index (κ3) is 51.9. The van der Waals surface area contributed by atoms with Crippen molar-refractivity contribution in [2.45, 2.75) is 194 Å². The van der Waals surface area contributed by atoms with Crippen LogP contribution >= 0.6 is 0 Å². The molecule has 372 valence electrons. The minimum atomic E-state index is -0.829. The maximum absolute atomic E-state index is 12.8. The lowest BCUT2D eigenvalue weighted by Gasteiger charge is -2.18. The quantitative estimate of drug-likeness (QED) is 0.0199. The lowest BCUT2D eigenvalue weighted by molar-refractivity contribution is -0.167. The first-order chi connectivity index (χ1) is 33.0. The van der Waals surface area contributed by atoms with Gasteiger partial charge in [-0.3, -0.25) is 14.4 Å². The van der Waals surface area contributed by atoms with E-state index in [-0.39, 0.29) is 44.0 Å². The molecule has 0 saturated carbocycles. The Morgan fingerprint density at radius 2 is 0.642 bits per heavy atom. The SMILES string of the molecule is CC/C=C\C/C=C\C/C=C\C/C=C\C/C=C\CCCCCC(=O)OCC(COC(=O)CCCC/C=C\C/C=C\C/C=C\CC)OC(=O)CCCCCCC\C=C/C=C\C=C/C=C\C=C/CCC. The van der Waals surface area contributed by atoms with Crippen molar-refractivity contribution < 1.29 is 28.6 Å². The second-order valence-electron chi connectivity index (χ2n) is 16.4. The van der Waals surface area contributed by atoms with E-state index in [9.17, 15) is 14.4 Å². The molecular formula is C61H92O6. The van der Waals surface area contributed by atoms with E-state index >= 15 is 0 Å². The number of hydrogen-bond acceptors (Lipinski definition) is 6. The fraction of sp³-hybridized carbons (Fsp3) is 0.525. The topological polar surface area (TPSA) is 78.9 Å². The van der Waals surface area contributed by atoms with Crippen LogP contribution in [-0.2, 0) is 28.6 Å². The standard InChI is InChI=1S/C61H92O6/c1-4-7-10-13-16-19-22-25-27-29-31-33-34-36-39-42-45-48-51-54-60(63)66-57-58(56-65-59(62)53-50-47-44-41-38-24-21-18-15-12-9-6-3)67-61(64)55-52-49-46-43-40-37-35-32-30-28-26-23-20-17-14-11-8-5-2/h7,9-12,14,16-21,23,25-28,30-33,35-36,38-39,41,58H,4-6,8,13,15,22,24,29,34,37,40,42-57H2,1-3H3/b10-7-,12-9-,14-11-,19-16-,20-17-,21-18-,26-23-,27-25-,30-28-,33-31-,35-32-,39-36-,41-38-. The predicted octanol–water partition coefficient (Wildman–Crippen LogP) is 17.4. The van der Waals surface area contributed by atoms with E-state index in [4.69, 9.17) is 14.2 Å². The molecule has 0 aliphatic rings. The van der Waals surface area contributed by atoms with Crippen molar-refractivity contribution in [2.24, 2.45) is 0 Å². The molecule has 6 heteroatoms. The Morgan fingerprint density at radius 3 is 1.09 bits per heavy atom. The van der Waals surface area contributed by atoms with Gasteiger partial charge in [0.2, 0.25) is 0 Å². The van der Waals surface area contributed by atoms with Crippen molar-refractivity contribution in [1.29, 1.82) is 0 Å². The summed E-state index contributed by atoms with van der Waals surface area (Å²) in [6, 6.07) is 0. The minimum Gasteiger partial charge on any atom is -0.462 e. The van der Waals surface area contributed by atoms with E-state index in [0.29, 0.717) is 12.8 Å². The molecule has 0 rings (SSSR count). The highest BCUT2D eigenvalue weighted by Crippen LogP contribution is 2.12. The molecule has 0 spiro atoms. The molecule has 6 nitrogen and oxygen atoms in total. The highest BCUT2D eigenvalue weighted by atomic mass is 16.6. The first-order valence-corrected chi connectivity index (χ1v) is 26.1. The van der Waals surface area contributed by atoms with Gasteiger partial charge in [0.1, 0.15) is 13.2 Å². The van der Waals surface area contributed by atoms with E-state index in [0.717, 1.165) is 135 Å². The van der Waals surface area contributed by atoms with E-state index in [1.54, 1.807) is 0 Å². The van der Waals surface area contributed by atoms with E-state index < -0.39 is 6.10 Å². The summed E-state index contributed by atoms with van der Waals surface area (Å²) in [5, 5.41) is 0. The van der Waals surface area contributed by atoms with Crippen LogP contribution < -0.4 is 0 Å². The average Bonchev–Trinajstić information content (AvgIpc) is 3.33. The largest absolute Gasteiger partial charge is 0.462 e. The number of carbonyl (C=O) groups excluding carboxylic acids is 3. The zero-order valence-electron chi connectivity index (χ0n) is 42.3. The number of carbonyl (C=O) groups is 3. The second-order valence-corrected chi connectivity index (χ2v) is 16.4. The Labute approximate surface area is 409 Å². The van der Waals surface area contributed by atoms with Gasteiger partial charge in [0.05, 0.1) is 0 Å². The Hall–Kier alpha value is -4.97. The number of allylic oxidation sites excluding steroid dienone is 26.